The van der Waals surface area contributed by atoms with E-state index < -0.39 is 22.0 Å². The highest BCUT2D eigenvalue weighted by molar-refractivity contribution is 7.89. The van der Waals surface area contributed by atoms with E-state index in [0.29, 0.717) is 0 Å². The van der Waals surface area contributed by atoms with Crippen molar-refractivity contribution < 1.29 is 28.2 Å². The van der Waals surface area contributed by atoms with Crippen LogP contribution in [0.1, 0.15) is 10.4 Å². The van der Waals surface area contributed by atoms with Crippen LogP contribution in [0.3, 0.4) is 0 Å². The number of halogens is 1. The molecule has 0 spiro atoms. The van der Waals surface area contributed by atoms with Crippen molar-refractivity contribution in [1.82, 2.24) is 4.31 Å². The number of rotatable bonds is 4. The molecule has 1 aromatic rings. The normalized spacial score (nSPS) is 20.4. The van der Waals surface area contributed by atoms with Crippen LogP contribution in [0.5, 0.6) is 0 Å². The lowest BCUT2D eigenvalue weighted by atomic mass is 10.2. The van der Waals surface area contributed by atoms with Gasteiger partial charge in [-0.15, -0.1) is 0 Å². The highest BCUT2D eigenvalue weighted by Gasteiger charge is 2.34. The molecule has 0 radical (unpaired) electrons. The molecule has 2 rings (SSSR count). The summed E-state index contributed by atoms with van der Waals surface area (Å²) in [6.45, 7) is 0.0966. The number of nitrogens with zero attached hydrogens (tertiary/aromatic N) is 1. The molecule has 0 aromatic heterocycles. The van der Waals surface area contributed by atoms with E-state index in [9.17, 15) is 18.3 Å². The minimum absolute atomic E-state index is 0.108. The standard InChI is InChI=1S/C12H14ClNO6S/c13-11-5-9(1-2-10(11)12(16)17)21(18,19)14-3-4-20-7-8(14)6-15/h1-2,5,8,15H,3-4,6-7H2,(H,16,17). The lowest BCUT2D eigenvalue weighted by Gasteiger charge is -2.33. The smallest absolute Gasteiger partial charge is 0.337 e. The number of ether oxygens (including phenoxy) is 1. The van der Waals surface area contributed by atoms with Crippen LogP contribution in [0.4, 0.5) is 0 Å². The molecule has 2 N–H and O–H groups in total. The Bertz CT molecular complexity index is 647. The molecule has 1 fully saturated rings. The van der Waals surface area contributed by atoms with E-state index in [1.165, 1.54) is 6.07 Å². The Hall–Kier alpha value is -1.19. The Kier molecular flexibility index (Phi) is 4.84. The van der Waals surface area contributed by atoms with E-state index in [1.54, 1.807) is 0 Å². The predicted octanol–water partition coefficient (Wildman–Crippen LogP) is 0.420. The van der Waals surface area contributed by atoms with Crippen molar-refractivity contribution in [2.24, 2.45) is 0 Å². The fraction of sp³-hybridized carbons (Fsp3) is 0.417. The van der Waals surface area contributed by atoms with E-state index in [1.807, 2.05) is 0 Å². The maximum Gasteiger partial charge on any atom is 0.337 e. The lowest BCUT2D eigenvalue weighted by Crippen LogP contribution is -2.50. The van der Waals surface area contributed by atoms with E-state index in [0.717, 1.165) is 16.4 Å². The van der Waals surface area contributed by atoms with Gasteiger partial charge in [-0.2, -0.15) is 4.31 Å². The van der Waals surface area contributed by atoms with E-state index in [4.69, 9.17) is 21.4 Å². The Labute approximate surface area is 126 Å². The van der Waals surface area contributed by atoms with Gasteiger partial charge in [0.2, 0.25) is 10.0 Å². The molecule has 0 aliphatic carbocycles. The topological polar surface area (TPSA) is 104 Å². The van der Waals surface area contributed by atoms with Gasteiger partial charge < -0.3 is 14.9 Å². The van der Waals surface area contributed by atoms with Crippen molar-refractivity contribution in [3.05, 3.63) is 28.8 Å². The number of aliphatic hydroxyl groups excluding tert-OH is 1. The molecule has 1 unspecified atom stereocenters. The van der Waals surface area contributed by atoms with Gasteiger partial charge in [-0.05, 0) is 18.2 Å². The summed E-state index contributed by atoms with van der Waals surface area (Å²) >= 11 is 5.80. The van der Waals surface area contributed by atoms with Gasteiger partial charge in [-0.1, -0.05) is 11.6 Å². The van der Waals surface area contributed by atoms with Crippen LogP contribution in [-0.4, -0.2) is 61.3 Å². The molecule has 21 heavy (non-hydrogen) atoms. The molecule has 0 bridgehead atoms. The van der Waals surface area contributed by atoms with Crippen LogP contribution in [0, 0.1) is 0 Å². The van der Waals surface area contributed by atoms with E-state index in [-0.39, 0.29) is 41.8 Å². The summed E-state index contributed by atoms with van der Waals surface area (Å²) in [6.07, 6.45) is 0. The molecule has 0 amide bonds. The Morgan fingerprint density at radius 3 is 2.76 bits per heavy atom. The third kappa shape index (κ3) is 3.19. The van der Waals surface area contributed by atoms with Gasteiger partial charge in [-0.3, -0.25) is 0 Å². The van der Waals surface area contributed by atoms with Crippen molar-refractivity contribution in [2.75, 3.05) is 26.4 Å². The van der Waals surface area contributed by atoms with Crippen LogP contribution in [0.25, 0.3) is 0 Å². The third-order valence-electron chi connectivity index (χ3n) is 3.16. The minimum Gasteiger partial charge on any atom is -0.478 e. The number of aromatic carboxylic acids is 1. The van der Waals surface area contributed by atoms with Gasteiger partial charge in [-0.25, -0.2) is 13.2 Å². The quantitative estimate of drug-likeness (QED) is 0.826. The highest BCUT2D eigenvalue weighted by atomic mass is 35.5. The molecule has 116 valence electrons. The van der Waals surface area contributed by atoms with Crippen molar-refractivity contribution in [3.8, 4) is 0 Å². The molecule has 1 saturated heterocycles. The second-order valence-corrected chi connectivity index (χ2v) is 6.77. The zero-order valence-electron chi connectivity index (χ0n) is 10.9. The second-order valence-electron chi connectivity index (χ2n) is 4.47. The van der Waals surface area contributed by atoms with Gasteiger partial charge in [0.15, 0.2) is 0 Å². The van der Waals surface area contributed by atoms with Crippen molar-refractivity contribution >= 4 is 27.6 Å². The zero-order chi connectivity index (χ0) is 15.6. The number of carbonyl (C=O) groups is 1. The van der Waals surface area contributed by atoms with Crippen LogP contribution in [0.15, 0.2) is 23.1 Å². The lowest BCUT2D eigenvalue weighted by molar-refractivity contribution is 0.0109. The number of sulfonamides is 1. The van der Waals surface area contributed by atoms with Gasteiger partial charge in [0.25, 0.3) is 0 Å². The SMILES string of the molecule is O=C(O)c1ccc(S(=O)(=O)N2CCOCC2CO)cc1Cl. The zero-order valence-corrected chi connectivity index (χ0v) is 12.5. The largest absolute Gasteiger partial charge is 0.478 e. The maximum absolute atomic E-state index is 12.5. The first kappa shape index (κ1) is 16.2. The van der Waals surface area contributed by atoms with Gasteiger partial charge in [0.1, 0.15) is 0 Å². The van der Waals surface area contributed by atoms with E-state index in [2.05, 4.69) is 0 Å². The van der Waals surface area contributed by atoms with Gasteiger partial charge in [0, 0.05) is 6.54 Å². The Morgan fingerprint density at radius 1 is 1.48 bits per heavy atom. The first-order chi connectivity index (χ1) is 9.87. The Balaban J connectivity index is 2.39. The molecular formula is C12H14ClNO6S. The van der Waals surface area contributed by atoms with Crippen LogP contribution < -0.4 is 0 Å². The summed E-state index contributed by atoms with van der Waals surface area (Å²) in [7, 11) is -3.87. The monoisotopic (exact) mass is 335 g/mol. The molecular weight excluding hydrogens is 322 g/mol. The second kappa shape index (κ2) is 6.29. The summed E-state index contributed by atoms with van der Waals surface area (Å²) in [6, 6.07) is 2.77. The first-order valence-electron chi connectivity index (χ1n) is 6.11. The average molecular weight is 336 g/mol. The summed E-state index contributed by atoms with van der Waals surface area (Å²) < 4.78 is 31.4. The van der Waals surface area contributed by atoms with Crippen molar-refractivity contribution in [2.45, 2.75) is 10.9 Å². The molecule has 1 heterocycles. The van der Waals surface area contributed by atoms with Gasteiger partial charge in [0.05, 0.1) is 41.3 Å². The number of hydrogen-bond donors (Lipinski definition) is 2. The number of morpholine rings is 1. The van der Waals surface area contributed by atoms with Crippen LogP contribution in [-0.2, 0) is 14.8 Å². The highest BCUT2D eigenvalue weighted by Crippen LogP contribution is 2.25. The fourth-order valence-electron chi connectivity index (χ4n) is 2.06. The number of benzene rings is 1. The fourth-order valence-corrected chi connectivity index (χ4v) is 4.00. The number of hydrogen-bond acceptors (Lipinski definition) is 5. The molecule has 1 atom stereocenters. The van der Waals surface area contributed by atoms with Crippen molar-refractivity contribution in [1.29, 1.82) is 0 Å². The summed E-state index contributed by atoms with van der Waals surface area (Å²) in [4.78, 5) is 10.8. The number of carboxylic acid groups (broad SMARTS) is 1. The summed E-state index contributed by atoms with van der Waals surface area (Å²) in [5, 5.41) is 18.0. The maximum atomic E-state index is 12.5. The van der Waals surface area contributed by atoms with E-state index >= 15 is 0 Å². The van der Waals surface area contributed by atoms with Crippen molar-refractivity contribution in [3.63, 3.8) is 0 Å². The summed E-state index contributed by atoms with van der Waals surface area (Å²) in [5.74, 6) is -1.23. The molecule has 1 aliphatic heterocycles. The summed E-state index contributed by atoms with van der Waals surface area (Å²) in [5.41, 5.74) is -0.170. The molecule has 7 nitrogen and oxygen atoms in total. The molecule has 0 saturated carbocycles. The minimum atomic E-state index is -3.87. The number of carboxylic acids is 1. The predicted molar refractivity (Wildman–Crippen MR) is 74.0 cm³/mol. The Morgan fingerprint density at radius 2 is 2.19 bits per heavy atom. The molecule has 1 aliphatic rings. The van der Waals surface area contributed by atoms with Crippen LogP contribution in [0.2, 0.25) is 5.02 Å². The van der Waals surface area contributed by atoms with Gasteiger partial charge >= 0.3 is 5.97 Å². The average Bonchev–Trinajstić information content (AvgIpc) is 2.46. The molecule has 1 aromatic carbocycles. The first-order valence-corrected chi connectivity index (χ1v) is 7.93. The van der Waals surface area contributed by atoms with Crippen LogP contribution >= 0.6 is 11.6 Å². The third-order valence-corrected chi connectivity index (χ3v) is 5.42. The molecule has 9 heteroatoms. The number of aliphatic hydroxyl groups is 1.